The van der Waals surface area contributed by atoms with Gasteiger partial charge in [0.05, 0.1) is 34.2 Å². The van der Waals surface area contributed by atoms with Gasteiger partial charge in [-0.2, -0.15) is 0 Å². The fourth-order valence-electron chi connectivity index (χ4n) is 6.76. The molecule has 2 N–H and O–H groups in total. The van der Waals surface area contributed by atoms with Gasteiger partial charge in [-0.3, -0.25) is 4.79 Å². The standard InChI is InChI=1S/C26H21N3O3/c1-26-13(12-30)10-19(32-26)28-17-8-4-2-6-14(17)21-22-16(11-27-25(22)31)20-15-7-3-5-9-18(15)29(26)24(20)23(21)28/h2-9,13,19,30H,10-12H2,1H3,(H,27,31)/t13-,19?,26-/m0/s1. The molecule has 8 rings (SSSR count). The largest absolute Gasteiger partial charge is 0.396 e. The first-order chi connectivity index (χ1) is 15.6. The van der Waals surface area contributed by atoms with E-state index in [0.29, 0.717) is 6.54 Å². The van der Waals surface area contributed by atoms with Crippen LogP contribution in [0.5, 0.6) is 0 Å². The summed E-state index contributed by atoms with van der Waals surface area (Å²) in [5.74, 6) is -0.0414. The number of hydrogen-bond acceptors (Lipinski definition) is 3. The maximum Gasteiger partial charge on any atom is 0.252 e. The van der Waals surface area contributed by atoms with Gasteiger partial charge in [0.2, 0.25) is 0 Å². The molecule has 3 aliphatic rings. The van der Waals surface area contributed by atoms with Crippen molar-refractivity contribution in [2.24, 2.45) is 5.92 Å². The second kappa shape index (κ2) is 5.34. The molecule has 32 heavy (non-hydrogen) atoms. The summed E-state index contributed by atoms with van der Waals surface area (Å²) in [5.41, 5.74) is 5.51. The molecule has 5 aromatic rings. The highest BCUT2D eigenvalue weighted by atomic mass is 16.5. The minimum Gasteiger partial charge on any atom is -0.396 e. The van der Waals surface area contributed by atoms with Crippen LogP contribution in [0.1, 0.15) is 35.5 Å². The quantitative estimate of drug-likeness (QED) is 0.421. The van der Waals surface area contributed by atoms with E-state index in [0.717, 1.165) is 61.2 Å². The Balaban J connectivity index is 1.78. The molecule has 2 aromatic heterocycles. The smallest absolute Gasteiger partial charge is 0.252 e. The van der Waals surface area contributed by atoms with E-state index in [1.807, 2.05) is 12.1 Å². The maximum absolute atomic E-state index is 13.2. The number of aliphatic hydroxyl groups excluding tert-OH is 1. The molecule has 3 aromatic carbocycles. The summed E-state index contributed by atoms with van der Waals surface area (Å²) >= 11 is 0. The number of para-hydroxylation sites is 2. The molecule has 0 saturated carbocycles. The second-order valence-corrected chi connectivity index (χ2v) is 9.47. The van der Waals surface area contributed by atoms with E-state index >= 15 is 0 Å². The van der Waals surface area contributed by atoms with Gasteiger partial charge in [-0.05, 0) is 24.6 Å². The summed E-state index contributed by atoms with van der Waals surface area (Å²) in [6, 6.07) is 16.7. The van der Waals surface area contributed by atoms with E-state index in [9.17, 15) is 9.90 Å². The molecule has 3 atom stereocenters. The third-order valence-electron chi connectivity index (χ3n) is 8.09. The predicted octanol–water partition coefficient (Wildman–Crippen LogP) is 4.36. The molecule has 1 fully saturated rings. The normalized spacial score (nSPS) is 26.0. The van der Waals surface area contributed by atoms with Gasteiger partial charge in [0.25, 0.3) is 5.91 Å². The number of aliphatic hydroxyl groups is 1. The zero-order valence-electron chi connectivity index (χ0n) is 17.6. The SMILES string of the molecule is C[C@]12OC(C[C@H]1CO)n1c3ccccc3c3c4c(c5c6ccccc6n2c5c31)CNC4=O. The van der Waals surface area contributed by atoms with Crippen molar-refractivity contribution in [3.63, 3.8) is 0 Å². The first-order valence-electron chi connectivity index (χ1n) is 11.2. The third-order valence-corrected chi connectivity index (χ3v) is 8.09. The minimum absolute atomic E-state index is 0.00333. The lowest BCUT2D eigenvalue weighted by Crippen LogP contribution is -2.37. The molecule has 2 bridgehead atoms. The predicted molar refractivity (Wildman–Crippen MR) is 123 cm³/mol. The molecule has 0 radical (unpaired) electrons. The number of amides is 1. The minimum atomic E-state index is -0.682. The fourth-order valence-corrected chi connectivity index (χ4v) is 6.76. The Morgan fingerprint density at radius 2 is 1.78 bits per heavy atom. The van der Waals surface area contributed by atoms with Crippen molar-refractivity contribution < 1.29 is 14.6 Å². The van der Waals surface area contributed by atoms with Crippen molar-refractivity contribution in [1.29, 1.82) is 0 Å². The van der Waals surface area contributed by atoms with Gasteiger partial charge in [-0.15, -0.1) is 0 Å². The van der Waals surface area contributed by atoms with Crippen LogP contribution in [0.25, 0.3) is 43.6 Å². The maximum atomic E-state index is 13.2. The number of hydrogen-bond donors (Lipinski definition) is 2. The number of benzene rings is 3. The number of carbonyl (C=O) groups excluding carboxylic acids is 1. The Kier molecular flexibility index (Phi) is 2.88. The number of carbonyl (C=O) groups is 1. The van der Waals surface area contributed by atoms with Crippen LogP contribution in [0.3, 0.4) is 0 Å². The zero-order valence-corrected chi connectivity index (χ0v) is 17.6. The van der Waals surface area contributed by atoms with E-state index in [1.54, 1.807) is 0 Å². The van der Waals surface area contributed by atoms with E-state index in [-0.39, 0.29) is 24.7 Å². The Morgan fingerprint density at radius 3 is 2.56 bits per heavy atom. The third kappa shape index (κ3) is 1.66. The van der Waals surface area contributed by atoms with Gasteiger partial charge in [0, 0.05) is 40.4 Å². The molecule has 1 amide bonds. The van der Waals surface area contributed by atoms with Crippen molar-refractivity contribution >= 4 is 49.5 Å². The number of rotatable bonds is 1. The van der Waals surface area contributed by atoms with Crippen LogP contribution in [0.2, 0.25) is 0 Å². The Morgan fingerprint density at radius 1 is 1.06 bits per heavy atom. The van der Waals surface area contributed by atoms with Crippen LogP contribution in [-0.4, -0.2) is 26.8 Å². The van der Waals surface area contributed by atoms with E-state index in [2.05, 4.69) is 57.8 Å². The van der Waals surface area contributed by atoms with Crippen LogP contribution in [0.4, 0.5) is 0 Å². The monoisotopic (exact) mass is 423 g/mol. The lowest BCUT2D eigenvalue weighted by atomic mass is 9.94. The lowest BCUT2D eigenvalue weighted by molar-refractivity contribution is -0.122. The molecular weight excluding hydrogens is 402 g/mol. The number of fused-ring (bicyclic) bond motifs is 13. The molecule has 0 spiro atoms. The number of nitrogens with zero attached hydrogens (tertiary/aromatic N) is 2. The highest BCUT2D eigenvalue weighted by molar-refractivity contribution is 6.31. The van der Waals surface area contributed by atoms with Gasteiger partial charge in [0.15, 0.2) is 0 Å². The molecule has 5 heterocycles. The molecule has 0 aliphatic carbocycles. The topological polar surface area (TPSA) is 68.4 Å². The Hall–Kier alpha value is -3.35. The summed E-state index contributed by atoms with van der Waals surface area (Å²) in [7, 11) is 0. The Bertz CT molecular complexity index is 1680. The van der Waals surface area contributed by atoms with Crippen LogP contribution in [-0.2, 0) is 17.0 Å². The van der Waals surface area contributed by atoms with Crippen LogP contribution in [0, 0.1) is 5.92 Å². The van der Waals surface area contributed by atoms with Crippen molar-refractivity contribution in [2.75, 3.05) is 6.61 Å². The van der Waals surface area contributed by atoms with Crippen molar-refractivity contribution in [3.05, 3.63) is 59.7 Å². The number of nitrogens with one attached hydrogen (secondary N) is 1. The van der Waals surface area contributed by atoms with E-state index < -0.39 is 5.72 Å². The molecule has 1 saturated heterocycles. The van der Waals surface area contributed by atoms with Crippen molar-refractivity contribution in [2.45, 2.75) is 31.8 Å². The summed E-state index contributed by atoms with van der Waals surface area (Å²) in [4.78, 5) is 13.2. The van der Waals surface area contributed by atoms with Crippen LogP contribution in [0.15, 0.2) is 48.5 Å². The molecule has 1 unspecified atom stereocenters. The highest BCUT2D eigenvalue weighted by Crippen LogP contribution is 2.55. The lowest BCUT2D eigenvalue weighted by Gasteiger charge is -2.32. The van der Waals surface area contributed by atoms with Crippen LogP contribution >= 0.6 is 0 Å². The van der Waals surface area contributed by atoms with Gasteiger partial charge in [-0.25, -0.2) is 0 Å². The molecule has 158 valence electrons. The van der Waals surface area contributed by atoms with Crippen molar-refractivity contribution in [1.82, 2.24) is 14.5 Å². The number of ether oxygens (including phenoxy) is 1. The van der Waals surface area contributed by atoms with Gasteiger partial charge in [-0.1, -0.05) is 36.4 Å². The van der Waals surface area contributed by atoms with E-state index in [4.69, 9.17) is 4.74 Å². The van der Waals surface area contributed by atoms with Gasteiger partial charge in [0.1, 0.15) is 12.0 Å². The van der Waals surface area contributed by atoms with E-state index in [1.165, 1.54) is 0 Å². The molecule has 6 heteroatoms. The van der Waals surface area contributed by atoms with Gasteiger partial charge < -0.3 is 24.3 Å². The highest BCUT2D eigenvalue weighted by Gasteiger charge is 2.51. The second-order valence-electron chi connectivity index (χ2n) is 9.47. The fraction of sp³-hybridized carbons (Fsp3) is 0.269. The number of aromatic nitrogens is 2. The average Bonchev–Trinajstić information content (AvgIpc) is 3.51. The average molecular weight is 423 g/mol. The first-order valence-corrected chi connectivity index (χ1v) is 11.2. The summed E-state index contributed by atoms with van der Waals surface area (Å²) in [6.45, 7) is 2.69. The molecule has 6 nitrogen and oxygen atoms in total. The summed E-state index contributed by atoms with van der Waals surface area (Å²) in [6.07, 6.45) is 0.515. The summed E-state index contributed by atoms with van der Waals surface area (Å²) < 4.78 is 11.4. The van der Waals surface area contributed by atoms with Crippen LogP contribution < -0.4 is 5.32 Å². The molecular formula is C26H21N3O3. The first kappa shape index (κ1) is 17.2. The Labute approximate surface area is 183 Å². The zero-order chi connectivity index (χ0) is 21.4. The van der Waals surface area contributed by atoms with Crippen molar-refractivity contribution in [3.8, 4) is 0 Å². The van der Waals surface area contributed by atoms with Gasteiger partial charge >= 0.3 is 0 Å². The summed E-state index contributed by atoms with van der Waals surface area (Å²) in [5, 5.41) is 17.8. The molecule has 3 aliphatic heterocycles.